The minimum absolute atomic E-state index is 0.0999. The lowest BCUT2D eigenvalue weighted by atomic mass is 10.1. The molecule has 1 aliphatic rings. The lowest BCUT2D eigenvalue weighted by Crippen LogP contribution is -2.38. The number of piperidine rings is 1. The van der Waals surface area contributed by atoms with Crippen LogP contribution in [0.1, 0.15) is 28.8 Å². The molecule has 1 saturated heterocycles. The molecular formula is C13H13BrF3NO. The van der Waals surface area contributed by atoms with Gasteiger partial charge in [0, 0.05) is 23.5 Å². The molecule has 0 radical (unpaired) electrons. The second-order valence-corrected chi connectivity index (χ2v) is 5.84. The summed E-state index contributed by atoms with van der Waals surface area (Å²) in [6.45, 7) is 1.15. The molecule has 0 aliphatic carbocycles. The Morgan fingerprint density at radius 2 is 1.89 bits per heavy atom. The normalized spacial score (nSPS) is 17.6. The number of carbonyl (C=O) groups excluding carboxylic acids is 1. The fourth-order valence-corrected chi connectivity index (χ4v) is 2.47. The van der Waals surface area contributed by atoms with Crippen molar-refractivity contribution >= 4 is 21.8 Å². The van der Waals surface area contributed by atoms with Crippen molar-refractivity contribution in [2.45, 2.75) is 23.8 Å². The highest BCUT2D eigenvalue weighted by Gasteiger charge is 2.31. The predicted octanol–water partition coefficient (Wildman–Crippen LogP) is 3.70. The van der Waals surface area contributed by atoms with Crippen LogP contribution in [-0.2, 0) is 6.18 Å². The maximum absolute atomic E-state index is 12.6. The predicted molar refractivity (Wildman–Crippen MR) is 69.3 cm³/mol. The number of alkyl halides is 4. The van der Waals surface area contributed by atoms with Crippen LogP contribution in [0, 0.1) is 0 Å². The Labute approximate surface area is 117 Å². The highest BCUT2D eigenvalue weighted by molar-refractivity contribution is 9.09. The number of amides is 1. The van der Waals surface area contributed by atoms with Gasteiger partial charge >= 0.3 is 6.18 Å². The summed E-state index contributed by atoms with van der Waals surface area (Å²) in [7, 11) is 0. The molecule has 0 bridgehead atoms. The maximum atomic E-state index is 12.6. The first kappa shape index (κ1) is 14.4. The van der Waals surface area contributed by atoms with Gasteiger partial charge in [-0.25, -0.2) is 0 Å². The van der Waals surface area contributed by atoms with E-state index in [1.54, 1.807) is 4.90 Å². The Morgan fingerprint density at radius 3 is 2.47 bits per heavy atom. The van der Waals surface area contributed by atoms with Crippen molar-refractivity contribution in [2.75, 3.05) is 13.1 Å². The molecule has 0 unspecified atom stereocenters. The fraction of sp³-hybridized carbons (Fsp3) is 0.462. The van der Waals surface area contributed by atoms with Crippen molar-refractivity contribution in [1.29, 1.82) is 0 Å². The Kier molecular flexibility index (Phi) is 4.18. The molecule has 1 aromatic carbocycles. The molecule has 19 heavy (non-hydrogen) atoms. The van der Waals surface area contributed by atoms with E-state index in [9.17, 15) is 18.0 Å². The molecule has 1 aromatic rings. The van der Waals surface area contributed by atoms with Gasteiger partial charge in [0.1, 0.15) is 0 Å². The Morgan fingerprint density at radius 1 is 1.26 bits per heavy atom. The van der Waals surface area contributed by atoms with E-state index in [0.717, 1.165) is 25.0 Å². The average Bonchev–Trinajstić information content (AvgIpc) is 2.38. The Bertz CT molecular complexity index is 467. The molecule has 104 valence electrons. The molecular weight excluding hydrogens is 323 g/mol. The first-order valence-corrected chi connectivity index (χ1v) is 6.90. The SMILES string of the molecule is O=C(c1cccc(C(F)(F)F)c1)N1CCC(Br)CC1. The summed E-state index contributed by atoms with van der Waals surface area (Å²) in [5.41, 5.74) is -0.684. The quantitative estimate of drug-likeness (QED) is 0.716. The summed E-state index contributed by atoms with van der Waals surface area (Å²) in [5, 5.41) is 0. The van der Waals surface area contributed by atoms with Crippen LogP contribution in [0.4, 0.5) is 13.2 Å². The van der Waals surface area contributed by atoms with Gasteiger partial charge in [-0.1, -0.05) is 22.0 Å². The molecule has 1 fully saturated rings. The lowest BCUT2D eigenvalue weighted by molar-refractivity contribution is -0.137. The molecule has 1 heterocycles. The number of nitrogens with zero attached hydrogens (tertiary/aromatic N) is 1. The second kappa shape index (κ2) is 5.53. The van der Waals surface area contributed by atoms with E-state index >= 15 is 0 Å². The van der Waals surface area contributed by atoms with Gasteiger partial charge in [-0.2, -0.15) is 13.2 Å². The molecule has 6 heteroatoms. The van der Waals surface area contributed by atoms with Crippen molar-refractivity contribution in [3.63, 3.8) is 0 Å². The van der Waals surface area contributed by atoms with E-state index in [-0.39, 0.29) is 11.5 Å². The van der Waals surface area contributed by atoms with Crippen LogP contribution >= 0.6 is 15.9 Å². The fourth-order valence-electron chi connectivity index (χ4n) is 2.06. The van der Waals surface area contributed by atoms with Crippen LogP contribution in [0.25, 0.3) is 0 Å². The van der Waals surface area contributed by atoms with E-state index in [1.165, 1.54) is 12.1 Å². The van der Waals surface area contributed by atoms with Crippen molar-refractivity contribution in [1.82, 2.24) is 4.90 Å². The van der Waals surface area contributed by atoms with Crippen LogP contribution < -0.4 is 0 Å². The third-order valence-corrected chi connectivity index (χ3v) is 4.06. The molecule has 0 aromatic heterocycles. The minimum Gasteiger partial charge on any atom is -0.339 e. The zero-order valence-electron chi connectivity index (χ0n) is 10.1. The molecule has 2 rings (SSSR count). The number of hydrogen-bond donors (Lipinski definition) is 0. The number of halogens is 4. The minimum atomic E-state index is -4.42. The van der Waals surface area contributed by atoms with Gasteiger partial charge in [0.05, 0.1) is 5.56 Å². The van der Waals surface area contributed by atoms with Crippen LogP contribution in [0.5, 0.6) is 0 Å². The van der Waals surface area contributed by atoms with E-state index in [2.05, 4.69) is 15.9 Å². The third-order valence-electron chi connectivity index (χ3n) is 3.15. The topological polar surface area (TPSA) is 20.3 Å². The van der Waals surface area contributed by atoms with Gasteiger partial charge in [0.25, 0.3) is 5.91 Å². The van der Waals surface area contributed by atoms with E-state index in [4.69, 9.17) is 0 Å². The van der Waals surface area contributed by atoms with Gasteiger partial charge < -0.3 is 4.90 Å². The maximum Gasteiger partial charge on any atom is 0.416 e. The lowest BCUT2D eigenvalue weighted by Gasteiger charge is -2.29. The molecule has 0 N–H and O–H groups in total. The second-order valence-electron chi connectivity index (χ2n) is 4.55. The largest absolute Gasteiger partial charge is 0.416 e. The van der Waals surface area contributed by atoms with Gasteiger partial charge in [-0.3, -0.25) is 4.79 Å². The van der Waals surface area contributed by atoms with Crippen molar-refractivity contribution in [3.05, 3.63) is 35.4 Å². The summed E-state index contributed by atoms with van der Waals surface area (Å²) in [6, 6.07) is 4.59. The summed E-state index contributed by atoms with van der Waals surface area (Å²) in [5.74, 6) is -0.328. The van der Waals surface area contributed by atoms with Crippen molar-refractivity contribution in [2.24, 2.45) is 0 Å². The first-order chi connectivity index (χ1) is 8.88. The highest BCUT2D eigenvalue weighted by Crippen LogP contribution is 2.30. The summed E-state index contributed by atoms with van der Waals surface area (Å²) >= 11 is 3.47. The summed E-state index contributed by atoms with van der Waals surface area (Å²) in [6.07, 6.45) is -2.77. The third kappa shape index (κ3) is 3.49. The van der Waals surface area contributed by atoms with Crippen LogP contribution in [0.15, 0.2) is 24.3 Å². The first-order valence-electron chi connectivity index (χ1n) is 5.98. The number of carbonyl (C=O) groups is 1. The molecule has 0 saturated carbocycles. The van der Waals surface area contributed by atoms with Crippen LogP contribution in [-0.4, -0.2) is 28.7 Å². The Hall–Kier alpha value is -1.04. The molecule has 2 nitrogen and oxygen atoms in total. The van der Waals surface area contributed by atoms with Gasteiger partial charge in [0.2, 0.25) is 0 Å². The van der Waals surface area contributed by atoms with Crippen LogP contribution in [0.2, 0.25) is 0 Å². The zero-order chi connectivity index (χ0) is 14.0. The molecule has 0 spiro atoms. The van der Waals surface area contributed by atoms with Crippen molar-refractivity contribution < 1.29 is 18.0 Å². The van der Waals surface area contributed by atoms with E-state index in [0.29, 0.717) is 17.9 Å². The standard InChI is InChI=1S/C13H13BrF3NO/c14-11-4-6-18(7-5-11)12(19)9-2-1-3-10(8-9)13(15,16)17/h1-3,8,11H,4-7H2. The number of benzene rings is 1. The number of likely N-dealkylation sites (tertiary alicyclic amines) is 1. The van der Waals surface area contributed by atoms with Crippen molar-refractivity contribution in [3.8, 4) is 0 Å². The van der Waals surface area contributed by atoms with Gasteiger partial charge in [-0.15, -0.1) is 0 Å². The molecule has 0 atom stereocenters. The highest BCUT2D eigenvalue weighted by atomic mass is 79.9. The molecule has 1 amide bonds. The van der Waals surface area contributed by atoms with Gasteiger partial charge in [0.15, 0.2) is 0 Å². The monoisotopic (exact) mass is 335 g/mol. The Balaban J connectivity index is 2.15. The average molecular weight is 336 g/mol. The van der Waals surface area contributed by atoms with E-state index < -0.39 is 11.7 Å². The summed E-state index contributed by atoms with van der Waals surface area (Å²) < 4.78 is 37.8. The smallest absolute Gasteiger partial charge is 0.339 e. The number of rotatable bonds is 1. The zero-order valence-corrected chi connectivity index (χ0v) is 11.7. The summed E-state index contributed by atoms with van der Waals surface area (Å²) in [4.78, 5) is 14.1. The van der Waals surface area contributed by atoms with Crippen LogP contribution in [0.3, 0.4) is 0 Å². The molecule has 1 aliphatic heterocycles. The number of hydrogen-bond acceptors (Lipinski definition) is 1. The van der Waals surface area contributed by atoms with E-state index in [1.807, 2.05) is 0 Å². The van der Waals surface area contributed by atoms with Gasteiger partial charge in [-0.05, 0) is 31.0 Å².